The SMILES string of the molecule is OCCc1ccc(-c2ccccc2)cn1. The van der Waals surface area contributed by atoms with Crippen molar-refractivity contribution in [1.82, 2.24) is 4.98 Å². The molecule has 0 aliphatic rings. The number of aromatic nitrogens is 1. The summed E-state index contributed by atoms with van der Waals surface area (Å²) in [7, 11) is 0. The van der Waals surface area contributed by atoms with Crippen molar-refractivity contribution in [2.24, 2.45) is 0 Å². The molecule has 0 radical (unpaired) electrons. The third kappa shape index (κ3) is 2.42. The van der Waals surface area contributed by atoms with Gasteiger partial charge in [-0.05, 0) is 11.6 Å². The molecule has 2 rings (SSSR count). The maximum atomic E-state index is 8.77. The van der Waals surface area contributed by atoms with Crippen molar-refractivity contribution in [1.29, 1.82) is 0 Å². The third-order valence-electron chi connectivity index (χ3n) is 2.30. The van der Waals surface area contributed by atoms with Crippen LogP contribution in [-0.2, 0) is 6.42 Å². The number of aliphatic hydroxyl groups is 1. The highest BCUT2D eigenvalue weighted by Gasteiger charge is 1.97. The molecule has 1 heterocycles. The molecule has 0 amide bonds. The van der Waals surface area contributed by atoms with E-state index in [0.29, 0.717) is 6.42 Å². The highest BCUT2D eigenvalue weighted by atomic mass is 16.3. The highest BCUT2D eigenvalue weighted by Crippen LogP contribution is 2.17. The lowest BCUT2D eigenvalue weighted by atomic mass is 10.1. The van der Waals surface area contributed by atoms with Crippen LogP contribution >= 0.6 is 0 Å². The van der Waals surface area contributed by atoms with Crippen LogP contribution in [0.4, 0.5) is 0 Å². The predicted octanol–water partition coefficient (Wildman–Crippen LogP) is 2.28. The lowest BCUT2D eigenvalue weighted by Gasteiger charge is -2.02. The van der Waals surface area contributed by atoms with E-state index in [2.05, 4.69) is 17.1 Å². The second-order valence-corrected chi connectivity index (χ2v) is 3.38. The molecule has 0 fully saturated rings. The van der Waals surface area contributed by atoms with Gasteiger partial charge in [0.2, 0.25) is 0 Å². The molecule has 0 aliphatic carbocycles. The molecular formula is C13H13NO. The van der Waals surface area contributed by atoms with E-state index in [9.17, 15) is 0 Å². The average Bonchev–Trinajstić information content (AvgIpc) is 2.32. The van der Waals surface area contributed by atoms with Gasteiger partial charge >= 0.3 is 0 Å². The van der Waals surface area contributed by atoms with Crippen molar-refractivity contribution in [3.63, 3.8) is 0 Å². The molecule has 0 saturated heterocycles. The van der Waals surface area contributed by atoms with Gasteiger partial charge < -0.3 is 5.11 Å². The molecule has 0 aliphatic heterocycles. The van der Waals surface area contributed by atoms with Gasteiger partial charge in [0.15, 0.2) is 0 Å². The average molecular weight is 199 g/mol. The Hall–Kier alpha value is -1.67. The minimum absolute atomic E-state index is 0.150. The monoisotopic (exact) mass is 199 g/mol. The first-order valence-corrected chi connectivity index (χ1v) is 5.01. The molecule has 1 N–H and O–H groups in total. The molecular weight excluding hydrogens is 186 g/mol. The summed E-state index contributed by atoms with van der Waals surface area (Å²) >= 11 is 0. The summed E-state index contributed by atoms with van der Waals surface area (Å²) in [4.78, 5) is 4.28. The Balaban J connectivity index is 2.24. The molecule has 1 aromatic heterocycles. The van der Waals surface area contributed by atoms with Crippen molar-refractivity contribution >= 4 is 0 Å². The summed E-state index contributed by atoms with van der Waals surface area (Å²) < 4.78 is 0. The molecule has 1 aromatic carbocycles. The molecule has 2 heteroatoms. The van der Waals surface area contributed by atoms with Gasteiger partial charge in [-0.15, -0.1) is 0 Å². The Bertz CT molecular complexity index is 408. The van der Waals surface area contributed by atoms with E-state index >= 15 is 0 Å². The fourth-order valence-electron chi connectivity index (χ4n) is 1.49. The van der Waals surface area contributed by atoms with Crippen molar-refractivity contribution in [3.8, 4) is 11.1 Å². The van der Waals surface area contributed by atoms with Gasteiger partial charge in [0, 0.05) is 30.5 Å². The number of benzene rings is 1. The molecule has 0 saturated carbocycles. The van der Waals surface area contributed by atoms with E-state index in [4.69, 9.17) is 5.11 Å². The van der Waals surface area contributed by atoms with E-state index in [1.54, 1.807) is 0 Å². The van der Waals surface area contributed by atoms with Crippen LogP contribution in [-0.4, -0.2) is 16.7 Å². The zero-order chi connectivity index (χ0) is 10.5. The molecule has 0 spiro atoms. The highest BCUT2D eigenvalue weighted by molar-refractivity contribution is 5.62. The van der Waals surface area contributed by atoms with Crippen molar-refractivity contribution in [2.75, 3.05) is 6.61 Å². The standard InChI is InChI=1S/C13H13NO/c15-9-8-13-7-6-12(10-14-13)11-4-2-1-3-5-11/h1-7,10,15H,8-9H2. The number of aliphatic hydroxyl groups excluding tert-OH is 1. The zero-order valence-electron chi connectivity index (χ0n) is 8.43. The van der Waals surface area contributed by atoms with Crippen LogP contribution in [0.25, 0.3) is 11.1 Å². The predicted molar refractivity (Wildman–Crippen MR) is 60.5 cm³/mol. The van der Waals surface area contributed by atoms with Crippen LogP contribution < -0.4 is 0 Å². The van der Waals surface area contributed by atoms with Gasteiger partial charge in [0.25, 0.3) is 0 Å². The lowest BCUT2D eigenvalue weighted by Crippen LogP contribution is -1.93. The van der Waals surface area contributed by atoms with Gasteiger partial charge in [-0.3, -0.25) is 4.98 Å². The summed E-state index contributed by atoms with van der Waals surface area (Å²) in [5.41, 5.74) is 3.20. The zero-order valence-corrected chi connectivity index (χ0v) is 8.43. The Morgan fingerprint density at radius 3 is 2.33 bits per heavy atom. The summed E-state index contributed by atoms with van der Waals surface area (Å²) in [6.45, 7) is 0.150. The number of hydrogen-bond acceptors (Lipinski definition) is 2. The fraction of sp³-hybridized carbons (Fsp3) is 0.154. The minimum Gasteiger partial charge on any atom is -0.396 e. The number of hydrogen-bond donors (Lipinski definition) is 1. The van der Waals surface area contributed by atoms with Gasteiger partial charge in [-0.2, -0.15) is 0 Å². The van der Waals surface area contributed by atoms with E-state index < -0.39 is 0 Å². The van der Waals surface area contributed by atoms with Crippen LogP contribution in [0.5, 0.6) is 0 Å². The Morgan fingerprint density at radius 2 is 1.73 bits per heavy atom. The third-order valence-corrected chi connectivity index (χ3v) is 2.30. The van der Waals surface area contributed by atoms with Gasteiger partial charge in [0.05, 0.1) is 0 Å². The quantitative estimate of drug-likeness (QED) is 0.822. The smallest absolute Gasteiger partial charge is 0.0486 e. The largest absolute Gasteiger partial charge is 0.396 e. The van der Waals surface area contributed by atoms with Crippen LogP contribution in [0.15, 0.2) is 48.7 Å². The first-order valence-electron chi connectivity index (χ1n) is 5.01. The fourth-order valence-corrected chi connectivity index (χ4v) is 1.49. The van der Waals surface area contributed by atoms with Crippen molar-refractivity contribution in [2.45, 2.75) is 6.42 Å². The molecule has 76 valence electrons. The van der Waals surface area contributed by atoms with E-state index in [1.165, 1.54) is 5.56 Å². The number of nitrogens with zero attached hydrogens (tertiary/aromatic N) is 1. The summed E-state index contributed by atoms with van der Waals surface area (Å²) in [6.07, 6.45) is 2.47. The minimum atomic E-state index is 0.150. The van der Waals surface area contributed by atoms with Crippen LogP contribution in [0, 0.1) is 0 Å². The van der Waals surface area contributed by atoms with Gasteiger partial charge in [0.1, 0.15) is 0 Å². The molecule has 2 nitrogen and oxygen atoms in total. The summed E-state index contributed by atoms with van der Waals surface area (Å²) in [5, 5.41) is 8.77. The molecule has 15 heavy (non-hydrogen) atoms. The Labute approximate surface area is 89.2 Å². The second-order valence-electron chi connectivity index (χ2n) is 3.38. The topological polar surface area (TPSA) is 33.1 Å². The summed E-state index contributed by atoms with van der Waals surface area (Å²) in [6, 6.07) is 14.1. The Kier molecular flexibility index (Phi) is 3.10. The van der Waals surface area contributed by atoms with Crippen molar-refractivity contribution < 1.29 is 5.11 Å². The van der Waals surface area contributed by atoms with Crippen LogP contribution in [0.1, 0.15) is 5.69 Å². The van der Waals surface area contributed by atoms with Crippen LogP contribution in [0.2, 0.25) is 0 Å². The summed E-state index contributed by atoms with van der Waals surface area (Å²) in [5.74, 6) is 0. The molecule has 2 aromatic rings. The maximum absolute atomic E-state index is 8.77. The van der Waals surface area contributed by atoms with E-state index in [-0.39, 0.29) is 6.61 Å². The second kappa shape index (κ2) is 4.71. The molecule has 0 atom stereocenters. The van der Waals surface area contributed by atoms with Gasteiger partial charge in [-0.1, -0.05) is 36.4 Å². The van der Waals surface area contributed by atoms with Crippen molar-refractivity contribution in [3.05, 3.63) is 54.4 Å². The first-order chi connectivity index (χ1) is 7.40. The molecule has 0 unspecified atom stereocenters. The lowest BCUT2D eigenvalue weighted by molar-refractivity contribution is 0.298. The van der Waals surface area contributed by atoms with E-state index in [0.717, 1.165) is 11.3 Å². The van der Waals surface area contributed by atoms with Crippen LogP contribution in [0.3, 0.4) is 0 Å². The number of pyridine rings is 1. The number of rotatable bonds is 3. The molecule has 0 bridgehead atoms. The van der Waals surface area contributed by atoms with Gasteiger partial charge in [-0.25, -0.2) is 0 Å². The van der Waals surface area contributed by atoms with E-state index in [1.807, 2.05) is 36.5 Å². The first kappa shape index (κ1) is 9.87. The normalized spacial score (nSPS) is 10.2. The maximum Gasteiger partial charge on any atom is 0.0486 e. The Morgan fingerprint density at radius 1 is 0.933 bits per heavy atom.